The molecule has 4 aliphatic rings. The first-order valence-corrected chi connectivity index (χ1v) is 25.1. The van der Waals surface area contributed by atoms with Crippen molar-refractivity contribution in [2.24, 2.45) is 40.5 Å². The predicted molar refractivity (Wildman–Crippen MR) is 260 cm³/mol. The molecule has 0 spiro atoms. The van der Waals surface area contributed by atoms with Gasteiger partial charge in [0.1, 0.15) is 30.1 Å². The van der Waals surface area contributed by atoms with Crippen molar-refractivity contribution < 1.29 is 63.3 Å². The molecule has 3 heterocycles. The molecule has 6 unspecified atom stereocenters. The van der Waals surface area contributed by atoms with Crippen LogP contribution in [0.2, 0.25) is 0 Å². The number of aliphatic imine (C=N–C) groups is 1. The Bertz CT molecular complexity index is 1830. The quantitative estimate of drug-likeness (QED) is 0.162. The first kappa shape index (κ1) is 57.2. The summed E-state index contributed by atoms with van der Waals surface area (Å²) in [7, 11) is 4.57. The normalized spacial score (nSPS) is 39.8. The van der Waals surface area contributed by atoms with Gasteiger partial charge >= 0.3 is 5.97 Å². The van der Waals surface area contributed by atoms with Crippen LogP contribution in [0.15, 0.2) is 52.6 Å². The molecular formula is C53H84N2O13. The molecule has 1 aliphatic carbocycles. The second kappa shape index (κ2) is 27.3. The molecule has 3 aliphatic heterocycles. The molecule has 3 fully saturated rings. The highest BCUT2D eigenvalue weighted by molar-refractivity contribution is 6.41. The Hall–Kier alpha value is -3.41. The lowest BCUT2D eigenvalue weighted by Gasteiger charge is -2.44. The topological polar surface area (TPSA) is 211 Å². The summed E-state index contributed by atoms with van der Waals surface area (Å²) in [4.78, 5) is 63.3. The average Bonchev–Trinajstić information content (AvgIpc) is 3.31. The van der Waals surface area contributed by atoms with Crippen LogP contribution in [-0.4, -0.2) is 150 Å². The van der Waals surface area contributed by atoms with Crippen molar-refractivity contribution in [3.8, 4) is 0 Å². The Morgan fingerprint density at radius 3 is 2.29 bits per heavy atom. The van der Waals surface area contributed by atoms with Gasteiger partial charge in [0, 0.05) is 58.5 Å². The molecule has 15 heteroatoms. The molecule has 384 valence electrons. The number of nitrogens with zero attached hydrogens (tertiary/aromatic N) is 2. The fourth-order valence-corrected chi connectivity index (χ4v) is 10.5. The minimum absolute atomic E-state index is 0.0222. The van der Waals surface area contributed by atoms with Gasteiger partial charge in [-0.15, -0.1) is 0 Å². The molecule has 2 bridgehead atoms. The fraction of sp³-hybridized carbons (Fsp3) is 0.755. The molecular weight excluding hydrogens is 873 g/mol. The maximum absolute atomic E-state index is 14.9. The summed E-state index contributed by atoms with van der Waals surface area (Å²) in [6.07, 6.45) is 11.8. The summed E-state index contributed by atoms with van der Waals surface area (Å²) in [5, 5.41) is 44.4. The van der Waals surface area contributed by atoms with Crippen LogP contribution in [-0.2, 0) is 42.9 Å². The number of amides is 1. The highest BCUT2D eigenvalue weighted by Gasteiger charge is 2.51. The number of fused-ring (bicyclic) bond motifs is 3. The molecule has 0 aromatic rings. The predicted octanol–water partition coefficient (Wildman–Crippen LogP) is 6.04. The highest BCUT2D eigenvalue weighted by atomic mass is 16.6. The van der Waals surface area contributed by atoms with Crippen molar-refractivity contribution in [2.75, 3.05) is 41.0 Å². The molecule has 1 saturated carbocycles. The van der Waals surface area contributed by atoms with Crippen LogP contribution in [0, 0.1) is 35.5 Å². The SMILES string of the molecule is CO[C@H]1C[C@@H]2CC[C@@H](C)[C@@](O)(O2)C(=NCCO)C(=O)N2CCCCC2C(=O)OC([C@H](C)CC2CC[C@@H](O)[C@H](OC)C2)CC(=O)[C@H](C)/C=C(\C)C(O)[C@@H](OC)C(=O)C(C)CC(C)/C=C/C=C/C=C/1C. The van der Waals surface area contributed by atoms with Crippen LogP contribution >= 0.6 is 0 Å². The zero-order valence-corrected chi connectivity index (χ0v) is 42.5. The van der Waals surface area contributed by atoms with Gasteiger partial charge in [0.15, 0.2) is 11.5 Å². The van der Waals surface area contributed by atoms with E-state index in [1.165, 1.54) is 12.0 Å². The van der Waals surface area contributed by atoms with Crippen molar-refractivity contribution in [2.45, 2.75) is 180 Å². The van der Waals surface area contributed by atoms with Gasteiger partial charge in [-0.3, -0.25) is 19.4 Å². The lowest BCUT2D eigenvalue weighted by molar-refractivity contribution is -0.239. The summed E-state index contributed by atoms with van der Waals surface area (Å²) >= 11 is 0. The van der Waals surface area contributed by atoms with E-state index >= 15 is 0 Å². The zero-order valence-electron chi connectivity index (χ0n) is 42.5. The van der Waals surface area contributed by atoms with Crippen LogP contribution in [0.3, 0.4) is 0 Å². The Balaban J connectivity index is 1.76. The molecule has 0 aromatic heterocycles. The van der Waals surface area contributed by atoms with Crippen LogP contribution in [0.25, 0.3) is 0 Å². The third kappa shape index (κ3) is 15.3. The lowest BCUT2D eigenvalue weighted by atomic mass is 9.78. The number of rotatable bonds is 8. The monoisotopic (exact) mass is 957 g/mol. The first-order valence-electron chi connectivity index (χ1n) is 25.1. The van der Waals surface area contributed by atoms with Gasteiger partial charge in [-0.25, -0.2) is 4.79 Å². The summed E-state index contributed by atoms with van der Waals surface area (Å²) in [5.74, 6) is -5.93. The minimum Gasteiger partial charge on any atom is -0.460 e. The van der Waals surface area contributed by atoms with E-state index < -0.39 is 72.0 Å². The second-order valence-electron chi connectivity index (χ2n) is 20.2. The van der Waals surface area contributed by atoms with Crippen LogP contribution in [0.5, 0.6) is 0 Å². The molecule has 15 atom stereocenters. The summed E-state index contributed by atoms with van der Waals surface area (Å²) in [5.41, 5.74) is 1.02. The van der Waals surface area contributed by atoms with Gasteiger partial charge in [0.25, 0.3) is 5.91 Å². The minimum atomic E-state index is -2.14. The summed E-state index contributed by atoms with van der Waals surface area (Å²) in [6.45, 7) is 12.5. The summed E-state index contributed by atoms with van der Waals surface area (Å²) < 4.78 is 29.9. The number of hydrogen-bond acceptors (Lipinski definition) is 14. The molecule has 4 rings (SSSR count). The van der Waals surface area contributed by atoms with Gasteiger partial charge in [0.2, 0.25) is 5.79 Å². The first-order chi connectivity index (χ1) is 32.3. The van der Waals surface area contributed by atoms with E-state index in [-0.39, 0.29) is 79.8 Å². The smallest absolute Gasteiger partial charge is 0.329 e. The second-order valence-corrected chi connectivity index (χ2v) is 20.2. The van der Waals surface area contributed by atoms with Crippen molar-refractivity contribution in [3.05, 3.63) is 47.6 Å². The molecule has 68 heavy (non-hydrogen) atoms. The molecule has 4 N–H and O–H groups in total. The number of carbonyl (C=O) groups is 4. The maximum Gasteiger partial charge on any atom is 0.329 e. The molecule has 0 aromatic carbocycles. The fourth-order valence-electron chi connectivity index (χ4n) is 10.5. The highest BCUT2D eigenvalue weighted by Crippen LogP contribution is 2.38. The number of esters is 1. The summed E-state index contributed by atoms with van der Waals surface area (Å²) in [6, 6.07) is -1.06. The number of aliphatic hydroxyl groups is 4. The van der Waals surface area contributed by atoms with E-state index in [1.54, 1.807) is 41.1 Å². The number of piperidine rings is 1. The van der Waals surface area contributed by atoms with Crippen LogP contribution < -0.4 is 0 Å². The number of ether oxygens (including phenoxy) is 5. The van der Waals surface area contributed by atoms with Gasteiger partial charge in [0.05, 0.1) is 37.6 Å². The van der Waals surface area contributed by atoms with Crippen LogP contribution in [0.1, 0.15) is 126 Å². The Labute approximate surface area is 405 Å². The van der Waals surface area contributed by atoms with E-state index in [9.17, 15) is 39.6 Å². The number of cyclic esters (lactones) is 1. The molecule has 1 amide bonds. The maximum atomic E-state index is 14.9. The van der Waals surface area contributed by atoms with Gasteiger partial charge < -0.3 is 49.0 Å². The van der Waals surface area contributed by atoms with E-state index in [4.69, 9.17) is 23.7 Å². The number of methoxy groups -OCH3 is 3. The molecule has 0 radical (unpaired) electrons. The Morgan fingerprint density at radius 2 is 1.62 bits per heavy atom. The van der Waals surface area contributed by atoms with Crippen molar-refractivity contribution in [3.63, 3.8) is 0 Å². The van der Waals surface area contributed by atoms with E-state index in [2.05, 4.69) is 4.99 Å². The third-order valence-corrected chi connectivity index (χ3v) is 14.9. The average molecular weight is 957 g/mol. The Morgan fingerprint density at radius 1 is 0.882 bits per heavy atom. The van der Waals surface area contributed by atoms with Gasteiger partial charge in [-0.05, 0) is 107 Å². The van der Waals surface area contributed by atoms with Crippen molar-refractivity contribution >= 4 is 29.2 Å². The lowest BCUT2D eigenvalue weighted by Crippen LogP contribution is -2.61. The zero-order chi connectivity index (χ0) is 50.3. The number of allylic oxidation sites excluding steroid dienone is 6. The molecule has 2 saturated heterocycles. The largest absolute Gasteiger partial charge is 0.460 e. The number of ketones is 2. The van der Waals surface area contributed by atoms with Crippen molar-refractivity contribution in [1.29, 1.82) is 0 Å². The standard InChI is InChI=1S/C53H84N2O13/c1-32-16-12-11-13-17-33(2)44(64-8)30-40-21-19-38(7)53(63,68-40)50(54-23-25-56)51(61)55-24-15-14-18-41(55)52(62)67-45(35(4)28-39-20-22-42(57)46(29-39)65-9)31-43(58)34(3)27-37(6)48(60)49(66-10)47(59)36(5)26-32/h11-13,16-17,27,32,34-36,38-42,44-46,48-49,56-57,60,63H,14-15,18-26,28-31H2,1-10H3/b13-11+,16-12+,33-17+,37-27+,54-50?/t32?,34-,35-,36?,38-,39?,40+,41?,42-,44+,45?,46-,48?,49+,53-/m1/s1. The number of aliphatic hydroxyl groups excluding tert-OH is 3. The number of hydrogen-bond donors (Lipinski definition) is 4. The third-order valence-electron chi connectivity index (χ3n) is 14.9. The van der Waals surface area contributed by atoms with Gasteiger partial charge in [-0.1, -0.05) is 71.1 Å². The number of Topliss-reactive ketones (excluding diaryl/α,β-unsaturated/α-hetero) is 2. The van der Waals surface area contributed by atoms with Crippen LogP contribution in [0.4, 0.5) is 0 Å². The van der Waals surface area contributed by atoms with E-state index in [0.717, 1.165) is 12.0 Å². The molecule has 15 nitrogen and oxygen atoms in total. The van der Waals surface area contributed by atoms with Gasteiger partial charge in [-0.2, -0.15) is 0 Å². The Kier molecular flexibility index (Phi) is 22.9. The van der Waals surface area contributed by atoms with E-state index in [0.29, 0.717) is 63.4 Å². The van der Waals surface area contributed by atoms with Crippen molar-refractivity contribution in [1.82, 2.24) is 4.90 Å². The van der Waals surface area contributed by atoms with E-state index in [1.807, 2.05) is 58.1 Å². The number of carbonyl (C=O) groups excluding carboxylic acids is 4.